The number of carbonyl (C=O) groups is 1. The molecule has 2 aromatic rings. The van der Waals surface area contributed by atoms with Crippen molar-refractivity contribution >= 4 is 17.5 Å². The molecule has 1 unspecified atom stereocenters. The number of nitrogens with two attached hydrogens (primary N) is 1. The normalized spacial score (nSPS) is 17.7. The molecule has 1 fully saturated rings. The van der Waals surface area contributed by atoms with Crippen LogP contribution >= 0.6 is 11.6 Å². The van der Waals surface area contributed by atoms with E-state index in [1.165, 1.54) is 0 Å². The van der Waals surface area contributed by atoms with Gasteiger partial charge in [-0.05, 0) is 42.2 Å². The van der Waals surface area contributed by atoms with Gasteiger partial charge >= 0.3 is 0 Å². The van der Waals surface area contributed by atoms with Gasteiger partial charge in [-0.3, -0.25) is 4.79 Å². The SMILES string of the molecule is NCc1ccc(C(=O)N2CCCC2c2ccccc2Cl)cc1. The third-order valence-corrected chi connectivity index (χ3v) is 4.56. The highest BCUT2D eigenvalue weighted by molar-refractivity contribution is 6.31. The maximum absolute atomic E-state index is 12.8. The van der Waals surface area contributed by atoms with Crippen LogP contribution in [0.3, 0.4) is 0 Å². The van der Waals surface area contributed by atoms with Crippen molar-refractivity contribution in [3.63, 3.8) is 0 Å². The summed E-state index contributed by atoms with van der Waals surface area (Å²) in [6, 6.07) is 15.4. The zero-order valence-electron chi connectivity index (χ0n) is 12.3. The van der Waals surface area contributed by atoms with Gasteiger partial charge in [0.15, 0.2) is 0 Å². The molecule has 0 aromatic heterocycles. The highest BCUT2D eigenvalue weighted by atomic mass is 35.5. The van der Waals surface area contributed by atoms with Crippen molar-refractivity contribution in [3.05, 3.63) is 70.2 Å². The van der Waals surface area contributed by atoms with Crippen molar-refractivity contribution in [1.29, 1.82) is 0 Å². The second-order valence-corrected chi connectivity index (χ2v) is 5.99. The van der Waals surface area contributed by atoms with Gasteiger partial charge in [0.1, 0.15) is 0 Å². The Bertz CT molecular complexity index is 669. The Morgan fingerprint density at radius 1 is 1.18 bits per heavy atom. The van der Waals surface area contributed by atoms with Crippen LogP contribution in [-0.2, 0) is 6.54 Å². The summed E-state index contributed by atoms with van der Waals surface area (Å²) in [6.45, 7) is 1.26. The Balaban J connectivity index is 1.86. The predicted molar refractivity (Wildman–Crippen MR) is 88.8 cm³/mol. The fraction of sp³-hybridized carbons (Fsp3) is 0.278. The lowest BCUT2D eigenvalue weighted by atomic mass is 10.0. The predicted octanol–water partition coefficient (Wildman–Crippen LogP) is 3.78. The fourth-order valence-corrected chi connectivity index (χ4v) is 3.29. The second kappa shape index (κ2) is 6.51. The molecule has 114 valence electrons. The van der Waals surface area contributed by atoms with Crippen molar-refractivity contribution in [3.8, 4) is 0 Å². The summed E-state index contributed by atoms with van der Waals surface area (Å²) in [7, 11) is 0. The van der Waals surface area contributed by atoms with E-state index in [9.17, 15) is 4.79 Å². The molecular formula is C18H19ClN2O. The Hall–Kier alpha value is -1.84. The molecule has 1 heterocycles. The Kier molecular flexibility index (Phi) is 4.46. The van der Waals surface area contributed by atoms with Gasteiger partial charge in [0.25, 0.3) is 5.91 Å². The summed E-state index contributed by atoms with van der Waals surface area (Å²) >= 11 is 6.31. The molecule has 1 aliphatic rings. The third-order valence-electron chi connectivity index (χ3n) is 4.21. The van der Waals surface area contributed by atoms with E-state index in [0.29, 0.717) is 12.1 Å². The van der Waals surface area contributed by atoms with E-state index in [-0.39, 0.29) is 11.9 Å². The van der Waals surface area contributed by atoms with Crippen LogP contribution in [0.4, 0.5) is 0 Å². The van der Waals surface area contributed by atoms with Gasteiger partial charge < -0.3 is 10.6 Å². The molecule has 22 heavy (non-hydrogen) atoms. The summed E-state index contributed by atoms with van der Waals surface area (Å²) in [5, 5.41) is 0.727. The first kappa shape index (κ1) is 15.1. The van der Waals surface area contributed by atoms with E-state index >= 15 is 0 Å². The largest absolute Gasteiger partial charge is 0.332 e. The molecule has 0 spiro atoms. The van der Waals surface area contributed by atoms with Crippen molar-refractivity contribution in [2.24, 2.45) is 5.73 Å². The standard InChI is InChI=1S/C18H19ClN2O/c19-16-5-2-1-4-15(16)17-6-3-11-21(17)18(22)14-9-7-13(12-20)8-10-14/h1-2,4-5,7-10,17H,3,6,11-12,20H2. The van der Waals surface area contributed by atoms with Crippen molar-refractivity contribution in [2.45, 2.75) is 25.4 Å². The second-order valence-electron chi connectivity index (χ2n) is 5.58. The lowest BCUT2D eigenvalue weighted by Crippen LogP contribution is -2.30. The molecule has 2 aromatic carbocycles. The van der Waals surface area contributed by atoms with E-state index in [0.717, 1.165) is 35.5 Å². The summed E-state index contributed by atoms with van der Waals surface area (Å²) in [4.78, 5) is 14.7. The maximum Gasteiger partial charge on any atom is 0.254 e. The van der Waals surface area contributed by atoms with Gasteiger partial charge in [-0.1, -0.05) is 41.9 Å². The minimum absolute atomic E-state index is 0.0611. The molecular weight excluding hydrogens is 296 g/mol. The first-order valence-electron chi connectivity index (χ1n) is 7.55. The third kappa shape index (κ3) is 2.87. The average Bonchev–Trinajstić information content (AvgIpc) is 3.04. The number of halogens is 1. The average molecular weight is 315 g/mol. The first-order chi connectivity index (χ1) is 10.7. The van der Waals surface area contributed by atoms with Crippen molar-refractivity contribution < 1.29 is 4.79 Å². The van der Waals surface area contributed by atoms with E-state index in [1.807, 2.05) is 53.4 Å². The van der Waals surface area contributed by atoms with Crippen molar-refractivity contribution in [2.75, 3.05) is 6.54 Å². The molecule has 2 N–H and O–H groups in total. The van der Waals surface area contributed by atoms with Crippen LogP contribution in [0.25, 0.3) is 0 Å². The number of amides is 1. The number of hydrogen-bond donors (Lipinski definition) is 1. The molecule has 0 saturated carbocycles. The highest BCUT2D eigenvalue weighted by Crippen LogP contribution is 2.36. The van der Waals surface area contributed by atoms with Gasteiger partial charge in [-0.2, -0.15) is 0 Å². The zero-order valence-corrected chi connectivity index (χ0v) is 13.1. The van der Waals surface area contributed by atoms with Gasteiger partial charge in [0, 0.05) is 23.7 Å². The smallest absolute Gasteiger partial charge is 0.254 e. The Morgan fingerprint density at radius 2 is 1.91 bits per heavy atom. The van der Waals surface area contributed by atoms with Crippen LogP contribution in [0.5, 0.6) is 0 Å². The van der Waals surface area contributed by atoms with Crippen LogP contribution in [0, 0.1) is 0 Å². The Labute approximate surface area is 135 Å². The summed E-state index contributed by atoms with van der Waals surface area (Å²) in [5.74, 6) is 0.0611. The van der Waals surface area contributed by atoms with Crippen LogP contribution in [0.15, 0.2) is 48.5 Å². The molecule has 0 radical (unpaired) electrons. The molecule has 0 aliphatic carbocycles. The number of benzene rings is 2. The summed E-state index contributed by atoms with van der Waals surface area (Å²) in [5.41, 5.74) is 8.37. The number of rotatable bonds is 3. The van der Waals surface area contributed by atoms with Crippen LogP contribution < -0.4 is 5.73 Å². The minimum atomic E-state index is 0.0611. The highest BCUT2D eigenvalue weighted by Gasteiger charge is 2.31. The summed E-state index contributed by atoms with van der Waals surface area (Å²) in [6.07, 6.45) is 1.96. The topological polar surface area (TPSA) is 46.3 Å². The first-order valence-corrected chi connectivity index (χ1v) is 7.93. The van der Waals surface area contributed by atoms with Crippen LogP contribution in [0.1, 0.15) is 40.4 Å². The molecule has 1 amide bonds. The van der Waals surface area contributed by atoms with Gasteiger partial charge in [-0.15, -0.1) is 0 Å². The molecule has 3 rings (SSSR count). The van der Waals surface area contributed by atoms with Gasteiger partial charge in [-0.25, -0.2) is 0 Å². The molecule has 4 heteroatoms. The number of likely N-dealkylation sites (tertiary alicyclic amines) is 1. The summed E-state index contributed by atoms with van der Waals surface area (Å²) < 4.78 is 0. The fourth-order valence-electron chi connectivity index (χ4n) is 3.03. The van der Waals surface area contributed by atoms with Gasteiger partial charge in [0.2, 0.25) is 0 Å². The van der Waals surface area contributed by atoms with Crippen molar-refractivity contribution in [1.82, 2.24) is 4.90 Å². The molecule has 1 aliphatic heterocycles. The minimum Gasteiger partial charge on any atom is -0.332 e. The van der Waals surface area contributed by atoms with Gasteiger partial charge in [0.05, 0.1) is 6.04 Å². The molecule has 3 nitrogen and oxygen atoms in total. The lowest BCUT2D eigenvalue weighted by Gasteiger charge is -2.26. The van der Waals surface area contributed by atoms with E-state index < -0.39 is 0 Å². The van der Waals surface area contributed by atoms with E-state index in [2.05, 4.69) is 0 Å². The monoisotopic (exact) mass is 314 g/mol. The van der Waals surface area contributed by atoms with E-state index in [1.54, 1.807) is 0 Å². The quantitative estimate of drug-likeness (QED) is 0.937. The Morgan fingerprint density at radius 3 is 2.59 bits per heavy atom. The van der Waals surface area contributed by atoms with Crippen LogP contribution in [0.2, 0.25) is 5.02 Å². The number of hydrogen-bond acceptors (Lipinski definition) is 2. The van der Waals surface area contributed by atoms with Crippen LogP contribution in [-0.4, -0.2) is 17.4 Å². The molecule has 0 bridgehead atoms. The lowest BCUT2D eigenvalue weighted by molar-refractivity contribution is 0.0736. The number of nitrogens with zero attached hydrogens (tertiary/aromatic N) is 1. The molecule has 1 saturated heterocycles. The maximum atomic E-state index is 12.8. The zero-order chi connectivity index (χ0) is 15.5. The van der Waals surface area contributed by atoms with E-state index in [4.69, 9.17) is 17.3 Å². The number of carbonyl (C=O) groups excluding carboxylic acids is 1. The molecule has 1 atom stereocenters.